The van der Waals surface area contributed by atoms with Gasteiger partial charge < -0.3 is 28.8 Å². The molecular weight excluding hydrogens is 587 g/mol. The van der Waals surface area contributed by atoms with Crippen LogP contribution in [-0.4, -0.2) is 68.5 Å². The molecule has 0 aliphatic rings. The van der Waals surface area contributed by atoms with Crippen LogP contribution >= 0.6 is 7.82 Å². The van der Waals surface area contributed by atoms with Crippen LogP contribution in [0.4, 0.5) is 0 Å². The molecule has 0 fully saturated rings. The van der Waals surface area contributed by atoms with Crippen LogP contribution in [0.5, 0.6) is 0 Å². The van der Waals surface area contributed by atoms with Crippen LogP contribution in [0, 0.1) is 0 Å². The van der Waals surface area contributed by atoms with Crippen molar-refractivity contribution in [3.63, 3.8) is 0 Å². The highest BCUT2D eigenvalue weighted by Crippen LogP contribution is 2.38. The SMILES string of the molecule is CCCCCCCC/C=C\C/C=C\CCC(=O)NC(COP(=O)([O-])OCC[N+](C)(C)C)C(O)/C=C/CCCCCCCCCC. The van der Waals surface area contributed by atoms with Crippen molar-refractivity contribution < 1.29 is 32.9 Å². The van der Waals surface area contributed by atoms with E-state index in [0.29, 0.717) is 17.4 Å². The Morgan fingerprint density at radius 3 is 1.84 bits per heavy atom. The molecule has 0 bridgehead atoms. The number of phosphoric ester groups is 1. The van der Waals surface area contributed by atoms with Gasteiger partial charge in [-0.1, -0.05) is 127 Å². The van der Waals surface area contributed by atoms with Crippen LogP contribution < -0.4 is 10.2 Å². The van der Waals surface area contributed by atoms with Crippen LogP contribution in [0.3, 0.4) is 0 Å². The molecule has 0 aromatic carbocycles. The number of likely N-dealkylation sites (N-methyl/N-ethyl adjacent to an activating group) is 1. The lowest BCUT2D eigenvalue weighted by molar-refractivity contribution is -0.870. The first-order valence-corrected chi connectivity index (χ1v) is 19.3. The normalized spacial score (nSPS) is 15.3. The molecule has 8 nitrogen and oxygen atoms in total. The number of nitrogens with zero attached hydrogens (tertiary/aromatic N) is 1. The van der Waals surface area contributed by atoms with Crippen molar-refractivity contribution in [3.05, 3.63) is 36.5 Å². The van der Waals surface area contributed by atoms with Gasteiger partial charge in [0.25, 0.3) is 7.82 Å². The van der Waals surface area contributed by atoms with E-state index < -0.39 is 26.6 Å². The molecule has 2 N–H and O–H groups in total. The summed E-state index contributed by atoms with van der Waals surface area (Å²) in [5.41, 5.74) is 0. The van der Waals surface area contributed by atoms with Crippen molar-refractivity contribution in [2.24, 2.45) is 0 Å². The summed E-state index contributed by atoms with van der Waals surface area (Å²) in [5, 5.41) is 13.6. The quantitative estimate of drug-likeness (QED) is 0.0337. The minimum absolute atomic E-state index is 0.0110. The van der Waals surface area contributed by atoms with Crippen LogP contribution in [0.15, 0.2) is 36.5 Å². The average molecular weight is 657 g/mol. The standard InChI is InChI=1S/C36H69N2O6P/c1-6-8-10-12-14-16-18-19-20-22-24-26-28-30-36(40)37-34(33-44-45(41,42)43-32-31-38(3,4)5)35(39)29-27-25-23-21-17-15-13-11-9-7-2/h19-20,24,26-27,29,34-35,39H,6-18,21-23,25,28,30-33H2,1-5H3,(H-,37,40,41,42)/b20-19-,26-24-,29-27+. The van der Waals surface area contributed by atoms with E-state index in [-0.39, 0.29) is 18.9 Å². The molecule has 3 atom stereocenters. The molecule has 0 aliphatic heterocycles. The number of allylic oxidation sites excluding steroid dienone is 5. The second-order valence-corrected chi connectivity index (χ2v) is 14.6. The molecule has 0 spiro atoms. The highest BCUT2D eigenvalue weighted by molar-refractivity contribution is 7.45. The van der Waals surface area contributed by atoms with Gasteiger partial charge in [-0.2, -0.15) is 0 Å². The summed E-state index contributed by atoms with van der Waals surface area (Å²) in [6, 6.07) is -0.912. The fraction of sp³-hybridized carbons (Fsp3) is 0.806. The Balaban J connectivity index is 4.69. The zero-order valence-electron chi connectivity index (χ0n) is 29.6. The van der Waals surface area contributed by atoms with E-state index in [2.05, 4.69) is 37.4 Å². The first-order valence-electron chi connectivity index (χ1n) is 17.9. The predicted octanol–water partition coefficient (Wildman–Crippen LogP) is 8.16. The van der Waals surface area contributed by atoms with E-state index >= 15 is 0 Å². The van der Waals surface area contributed by atoms with Crippen LogP contribution in [0.2, 0.25) is 0 Å². The molecule has 9 heteroatoms. The maximum Gasteiger partial charge on any atom is 0.268 e. The first-order chi connectivity index (χ1) is 21.5. The van der Waals surface area contributed by atoms with Crippen molar-refractivity contribution in [1.82, 2.24) is 5.32 Å². The highest BCUT2D eigenvalue weighted by Gasteiger charge is 2.23. The van der Waals surface area contributed by atoms with Gasteiger partial charge in [0.05, 0.1) is 39.9 Å². The van der Waals surface area contributed by atoms with E-state index in [4.69, 9.17) is 9.05 Å². The van der Waals surface area contributed by atoms with Crippen molar-refractivity contribution in [2.45, 2.75) is 148 Å². The Morgan fingerprint density at radius 1 is 0.778 bits per heavy atom. The fourth-order valence-electron chi connectivity index (χ4n) is 4.67. The average Bonchev–Trinajstić information content (AvgIpc) is 2.97. The van der Waals surface area contributed by atoms with E-state index in [9.17, 15) is 19.4 Å². The number of hydrogen-bond donors (Lipinski definition) is 2. The molecule has 1 amide bonds. The summed E-state index contributed by atoms with van der Waals surface area (Å²) in [4.78, 5) is 25.0. The van der Waals surface area contributed by atoms with Crippen molar-refractivity contribution in [3.8, 4) is 0 Å². The van der Waals surface area contributed by atoms with Crippen molar-refractivity contribution in [1.29, 1.82) is 0 Å². The summed E-state index contributed by atoms with van der Waals surface area (Å²) >= 11 is 0. The molecule has 0 heterocycles. The first kappa shape index (κ1) is 43.7. The number of carbonyl (C=O) groups is 1. The number of nitrogens with one attached hydrogen (secondary N) is 1. The predicted molar refractivity (Wildman–Crippen MR) is 187 cm³/mol. The second-order valence-electron chi connectivity index (χ2n) is 13.2. The summed E-state index contributed by atoms with van der Waals surface area (Å²) in [7, 11) is 1.22. The third-order valence-electron chi connectivity index (χ3n) is 7.61. The second kappa shape index (κ2) is 28.9. The Morgan fingerprint density at radius 2 is 1.29 bits per heavy atom. The van der Waals surface area contributed by atoms with E-state index in [1.165, 1.54) is 77.0 Å². The summed E-state index contributed by atoms with van der Waals surface area (Å²) in [6.07, 6.45) is 32.0. The third-order valence-corrected chi connectivity index (χ3v) is 8.57. The maximum atomic E-state index is 12.7. The molecule has 45 heavy (non-hydrogen) atoms. The molecule has 0 aromatic rings. The Labute approximate surface area is 276 Å². The summed E-state index contributed by atoms with van der Waals surface area (Å²) < 4.78 is 23.0. The van der Waals surface area contributed by atoms with E-state index in [0.717, 1.165) is 32.1 Å². The van der Waals surface area contributed by atoms with Crippen LogP contribution in [0.25, 0.3) is 0 Å². The largest absolute Gasteiger partial charge is 0.756 e. The summed E-state index contributed by atoms with van der Waals surface area (Å²) in [6.45, 7) is 4.53. The number of carbonyl (C=O) groups excluding carboxylic acids is 1. The monoisotopic (exact) mass is 656 g/mol. The minimum atomic E-state index is -4.59. The van der Waals surface area contributed by atoms with Gasteiger partial charge in [-0.05, 0) is 38.5 Å². The van der Waals surface area contributed by atoms with Crippen molar-refractivity contribution in [2.75, 3.05) is 40.9 Å². The minimum Gasteiger partial charge on any atom is -0.756 e. The fourth-order valence-corrected chi connectivity index (χ4v) is 5.39. The zero-order valence-corrected chi connectivity index (χ0v) is 30.5. The number of quaternary nitrogens is 1. The van der Waals surface area contributed by atoms with E-state index in [1.807, 2.05) is 33.3 Å². The zero-order chi connectivity index (χ0) is 33.7. The van der Waals surface area contributed by atoms with Gasteiger partial charge in [-0.15, -0.1) is 0 Å². The summed E-state index contributed by atoms with van der Waals surface area (Å²) in [5.74, 6) is -0.269. The van der Waals surface area contributed by atoms with Gasteiger partial charge >= 0.3 is 0 Å². The molecular formula is C36H69N2O6P. The highest BCUT2D eigenvalue weighted by atomic mass is 31.2. The lowest BCUT2D eigenvalue weighted by atomic mass is 10.1. The lowest BCUT2D eigenvalue weighted by Gasteiger charge is -2.29. The molecule has 0 saturated heterocycles. The van der Waals surface area contributed by atoms with Crippen LogP contribution in [-0.2, 0) is 18.4 Å². The van der Waals surface area contributed by atoms with Gasteiger partial charge in [0.15, 0.2) is 0 Å². The number of phosphoric acid groups is 1. The van der Waals surface area contributed by atoms with Gasteiger partial charge in [-0.3, -0.25) is 9.36 Å². The lowest BCUT2D eigenvalue weighted by Crippen LogP contribution is -2.45. The number of hydrogen-bond acceptors (Lipinski definition) is 6. The molecule has 0 aliphatic carbocycles. The molecule has 0 saturated carbocycles. The molecule has 3 unspecified atom stereocenters. The Hall–Kier alpha value is -1.28. The molecule has 0 aromatic heterocycles. The third kappa shape index (κ3) is 31.1. The molecule has 0 rings (SSSR count). The van der Waals surface area contributed by atoms with E-state index in [1.54, 1.807) is 6.08 Å². The molecule has 0 radical (unpaired) electrons. The number of unbranched alkanes of at least 4 members (excludes halogenated alkanes) is 14. The Kier molecular flexibility index (Phi) is 28.1. The topological polar surface area (TPSA) is 108 Å². The van der Waals surface area contributed by atoms with Crippen molar-refractivity contribution >= 4 is 13.7 Å². The smallest absolute Gasteiger partial charge is 0.268 e. The number of aliphatic hydroxyl groups is 1. The molecule has 264 valence electrons. The van der Waals surface area contributed by atoms with Gasteiger partial charge in [0.2, 0.25) is 5.91 Å². The van der Waals surface area contributed by atoms with Crippen LogP contribution in [0.1, 0.15) is 136 Å². The Bertz CT molecular complexity index is 840. The van der Waals surface area contributed by atoms with Gasteiger partial charge in [0, 0.05) is 6.42 Å². The number of aliphatic hydroxyl groups excluding tert-OH is 1. The number of rotatable bonds is 31. The maximum absolute atomic E-state index is 12.7. The number of amides is 1. The van der Waals surface area contributed by atoms with Gasteiger partial charge in [-0.25, -0.2) is 0 Å². The van der Waals surface area contributed by atoms with Gasteiger partial charge in [0.1, 0.15) is 13.2 Å².